The molecule has 0 fully saturated rings. The molecule has 1 amide bonds. The molecule has 0 unspecified atom stereocenters. The summed E-state index contributed by atoms with van der Waals surface area (Å²) in [5.41, 5.74) is 1.06. The minimum atomic E-state index is -1.07. The van der Waals surface area contributed by atoms with Gasteiger partial charge in [-0.05, 0) is 19.9 Å². The predicted octanol–water partition coefficient (Wildman–Crippen LogP) is -0.0686. The SMILES string of the molecule is Cc1cc(C(=O)N[C@H](C)C(=O)O)nn1C. The van der Waals surface area contributed by atoms with Crippen molar-refractivity contribution in [3.63, 3.8) is 0 Å². The van der Waals surface area contributed by atoms with Crippen LogP contribution >= 0.6 is 0 Å². The summed E-state index contributed by atoms with van der Waals surface area (Å²) in [6, 6.07) is 0.684. The van der Waals surface area contributed by atoms with Crippen LogP contribution in [-0.2, 0) is 11.8 Å². The number of aryl methyl sites for hydroxylation is 2. The molecule has 1 atom stereocenters. The highest BCUT2D eigenvalue weighted by Crippen LogP contribution is 2.01. The molecule has 1 aromatic heterocycles. The second-order valence-corrected chi connectivity index (χ2v) is 3.33. The van der Waals surface area contributed by atoms with Crippen LogP contribution in [0.5, 0.6) is 0 Å². The molecule has 2 N–H and O–H groups in total. The van der Waals surface area contributed by atoms with Crippen molar-refractivity contribution >= 4 is 11.9 Å². The first-order valence-corrected chi connectivity index (χ1v) is 4.46. The van der Waals surface area contributed by atoms with Gasteiger partial charge in [0.1, 0.15) is 11.7 Å². The number of aliphatic carboxylic acids is 1. The highest BCUT2D eigenvalue weighted by atomic mass is 16.4. The monoisotopic (exact) mass is 211 g/mol. The van der Waals surface area contributed by atoms with Crippen molar-refractivity contribution in [2.45, 2.75) is 19.9 Å². The van der Waals surface area contributed by atoms with Crippen LogP contribution in [0.3, 0.4) is 0 Å². The van der Waals surface area contributed by atoms with Gasteiger partial charge in [0.25, 0.3) is 5.91 Å². The lowest BCUT2D eigenvalue weighted by Crippen LogP contribution is -2.38. The maximum Gasteiger partial charge on any atom is 0.325 e. The van der Waals surface area contributed by atoms with Gasteiger partial charge in [-0.15, -0.1) is 0 Å². The van der Waals surface area contributed by atoms with Gasteiger partial charge in [0, 0.05) is 12.7 Å². The maximum atomic E-state index is 11.5. The molecule has 1 aromatic rings. The molecule has 0 aliphatic carbocycles. The normalized spacial score (nSPS) is 12.2. The zero-order valence-corrected chi connectivity index (χ0v) is 8.81. The number of carboxylic acids is 1. The lowest BCUT2D eigenvalue weighted by Gasteiger charge is -2.06. The van der Waals surface area contributed by atoms with Crippen LogP contribution in [0, 0.1) is 6.92 Å². The first-order chi connectivity index (χ1) is 6.91. The molecule has 1 rings (SSSR count). The summed E-state index contributed by atoms with van der Waals surface area (Å²) in [7, 11) is 1.72. The average molecular weight is 211 g/mol. The first-order valence-electron chi connectivity index (χ1n) is 4.46. The van der Waals surface area contributed by atoms with Crippen molar-refractivity contribution in [1.29, 1.82) is 0 Å². The number of hydrogen-bond donors (Lipinski definition) is 2. The van der Waals surface area contributed by atoms with E-state index in [2.05, 4.69) is 10.4 Å². The molecule has 6 nitrogen and oxygen atoms in total. The molecule has 0 aromatic carbocycles. The summed E-state index contributed by atoms with van der Waals surface area (Å²) in [4.78, 5) is 22.0. The summed E-state index contributed by atoms with van der Waals surface area (Å²) in [5, 5.41) is 14.9. The van der Waals surface area contributed by atoms with Gasteiger partial charge < -0.3 is 10.4 Å². The van der Waals surface area contributed by atoms with Crippen LogP contribution in [0.25, 0.3) is 0 Å². The Labute approximate surface area is 86.9 Å². The van der Waals surface area contributed by atoms with E-state index in [1.165, 1.54) is 6.92 Å². The van der Waals surface area contributed by atoms with E-state index in [9.17, 15) is 9.59 Å². The van der Waals surface area contributed by atoms with Crippen molar-refractivity contribution in [2.75, 3.05) is 0 Å². The quantitative estimate of drug-likeness (QED) is 0.733. The Bertz CT molecular complexity index is 378. The number of carbonyl (C=O) groups excluding carboxylic acids is 1. The van der Waals surface area contributed by atoms with Crippen molar-refractivity contribution in [2.24, 2.45) is 7.05 Å². The Morgan fingerprint density at radius 3 is 2.60 bits per heavy atom. The number of amides is 1. The Morgan fingerprint density at radius 2 is 2.20 bits per heavy atom. The number of hydrogen-bond acceptors (Lipinski definition) is 3. The molecule has 82 valence electrons. The first kappa shape index (κ1) is 11.2. The predicted molar refractivity (Wildman–Crippen MR) is 52.5 cm³/mol. The zero-order valence-electron chi connectivity index (χ0n) is 8.81. The van der Waals surface area contributed by atoms with Gasteiger partial charge in [-0.2, -0.15) is 5.10 Å². The number of carboxylic acid groups (broad SMARTS) is 1. The Hall–Kier alpha value is -1.85. The number of rotatable bonds is 3. The third-order valence-corrected chi connectivity index (χ3v) is 2.06. The van der Waals surface area contributed by atoms with Gasteiger partial charge in [-0.1, -0.05) is 0 Å². The van der Waals surface area contributed by atoms with Crippen molar-refractivity contribution in [3.05, 3.63) is 17.5 Å². The fourth-order valence-electron chi connectivity index (χ4n) is 1.00. The van der Waals surface area contributed by atoms with E-state index < -0.39 is 17.9 Å². The highest BCUT2D eigenvalue weighted by Gasteiger charge is 2.17. The van der Waals surface area contributed by atoms with Crippen molar-refractivity contribution in [1.82, 2.24) is 15.1 Å². The summed E-state index contributed by atoms with van der Waals surface area (Å²) >= 11 is 0. The van der Waals surface area contributed by atoms with E-state index in [0.29, 0.717) is 0 Å². The van der Waals surface area contributed by atoms with E-state index in [4.69, 9.17) is 5.11 Å². The van der Waals surface area contributed by atoms with E-state index >= 15 is 0 Å². The minimum absolute atomic E-state index is 0.225. The third kappa shape index (κ3) is 2.55. The Balaban J connectivity index is 2.73. The molecule has 0 saturated heterocycles. The smallest absolute Gasteiger partial charge is 0.325 e. The standard InChI is InChI=1S/C9H13N3O3/c1-5-4-7(11-12(5)3)8(13)10-6(2)9(14)15/h4,6H,1-3H3,(H,10,13)(H,14,15)/t6-/m1/s1. The molecule has 0 aliphatic rings. The molecule has 1 heterocycles. The lowest BCUT2D eigenvalue weighted by molar-refractivity contribution is -0.138. The molecule has 0 spiro atoms. The number of aromatic nitrogens is 2. The van der Waals surface area contributed by atoms with Crippen LogP contribution in [0.4, 0.5) is 0 Å². The summed E-state index contributed by atoms with van der Waals surface area (Å²) < 4.78 is 1.56. The fourth-order valence-corrected chi connectivity index (χ4v) is 1.00. The minimum Gasteiger partial charge on any atom is -0.480 e. The van der Waals surface area contributed by atoms with Gasteiger partial charge >= 0.3 is 5.97 Å². The number of carbonyl (C=O) groups is 2. The number of nitrogens with zero attached hydrogens (tertiary/aromatic N) is 2. The van der Waals surface area contributed by atoms with Crippen molar-refractivity contribution in [3.8, 4) is 0 Å². The van der Waals surface area contributed by atoms with Crippen molar-refractivity contribution < 1.29 is 14.7 Å². The summed E-state index contributed by atoms with van der Waals surface area (Å²) in [6.07, 6.45) is 0. The van der Waals surface area contributed by atoms with Crippen LogP contribution in [0.15, 0.2) is 6.07 Å². The van der Waals surface area contributed by atoms with Crippen LogP contribution in [0.2, 0.25) is 0 Å². The molecular weight excluding hydrogens is 198 g/mol. The summed E-state index contributed by atoms with van der Waals surface area (Å²) in [5.74, 6) is -1.55. The van der Waals surface area contributed by atoms with Gasteiger partial charge in [-0.25, -0.2) is 0 Å². The Kier molecular flexibility index (Phi) is 3.08. The van der Waals surface area contributed by atoms with E-state index in [0.717, 1.165) is 5.69 Å². The van der Waals surface area contributed by atoms with Crippen LogP contribution < -0.4 is 5.32 Å². The van der Waals surface area contributed by atoms with Crippen LogP contribution in [0.1, 0.15) is 23.1 Å². The maximum absolute atomic E-state index is 11.5. The molecular formula is C9H13N3O3. The molecule has 0 saturated carbocycles. The summed E-state index contributed by atoms with van der Waals surface area (Å²) in [6.45, 7) is 3.21. The van der Waals surface area contributed by atoms with Gasteiger partial charge in [0.05, 0.1) is 0 Å². The second-order valence-electron chi connectivity index (χ2n) is 3.33. The third-order valence-electron chi connectivity index (χ3n) is 2.06. The van der Waals surface area contributed by atoms with Gasteiger partial charge in [-0.3, -0.25) is 14.3 Å². The molecule has 0 radical (unpaired) electrons. The van der Waals surface area contributed by atoms with E-state index in [1.807, 2.05) is 6.92 Å². The van der Waals surface area contributed by atoms with E-state index in [-0.39, 0.29) is 5.69 Å². The Morgan fingerprint density at radius 1 is 1.60 bits per heavy atom. The molecule has 0 aliphatic heterocycles. The topological polar surface area (TPSA) is 84.2 Å². The molecule has 0 bridgehead atoms. The van der Waals surface area contributed by atoms with Gasteiger partial charge in [0.2, 0.25) is 0 Å². The fraction of sp³-hybridized carbons (Fsp3) is 0.444. The molecule has 15 heavy (non-hydrogen) atoms. The lowest BCUT2D eigenvalue weighted by atomic mass is 10.3. The highest BCUT2D eigenvalue weighted by molar-refractivity contribution is 5.94. The number of nitrogens with one attached hydrogen (secondary N) is 1. The van der Waals surface area contributed by atoms with Crippen LogP contribution in [-0.4, -0.2) is 32.8 Å². The van der Waals surface area contributed by atoms with E-state index in [1.54, 1.807) is 17.8 Å². The van der Waals surface area contributed by atoms with Gasteiger partial charge in [0.15, 0.2) is 0 Å². The largest absolute Gasteiger partial charge is 0.480 e. The average Bonchev–Trinajstić information content (AvgIpc) is 2.46. The second kappa shape index (κ2) is 4.12. The zero-order chi connectivity index (χ0) is 11.6. The molecule has 6 heteroatoms.